The molecule has 0 saturated heterocycles. The van der Waals surface area contributed by atoms with Crippen LogP contribution in [0.2, 0.25) is 4.71 Å². The van der Waals surface area contributed by atoms with Gasteiger partial charge in [-0.1, -0.05) is 0 Å². The molecule has 1 aromatic heterocycles. The van der Waals surface area contributed by atoms with E-state index in [-0.39, 0.29) is 22.5 Å². The minimum atomic E-state index is -3.64. The summed E-state index contributed by atoms with van der Waals surface area (Å²) < 4.78 is 37.1. The fourth-order valence-electron chi connectivity index (χ4n) is 4.16. The van der Waals surface area contributed by atoms with E-state index in [4.69, 9.17) is 9.15 Å². The number of amides is 1. The Morgan fingerprint density at radius 3 is 2.13 bits per heavy atom. The molecular weight excluding hydrogens is 696 g/mol. The molecule has 0 radical (unpaired) electrons. The predicted molar refractivity (Wildman–Crippen MR) is 161 cm³/mol. The summed E-state index contributed by atoms with van der Waals surface area (Å²) in [6.07, 6.45) is 0. The van der Waals surface area contributed by atoms with Crippen molar-refractivity contribution in [3.05, 3.63) is 75.6 Å². The average molecular weight is 723 g/mol. The number of furan rings is 1. The van der Waals surface area contributed by atoms with Gasteiger partial charge in [-0.05, 0) is 41.6 Å². The van der Waals surface area contributed by atoms with Crippen LogP contribution in [0.25, 0.3) is 22.1 Å². The number of carbonyl (C=O) groups excluding carboxylic acids is 1. The molecule has 4 rings (SSSR count). The Hall–Kier alpha value is -2.82. The first-order valence-electron chi connectivity index (χ1n) is 12.0. The third-order valence-electron chi connectivity index (χ3n) is 6.26. The zero-order valence-corrected chi connectivity index (χ0v) is 26.7. The Morgan fingerprint density at radius 2 is 1.59 bits per heavy atom. The van der Waals surface area contributed by atoms with Crippen LogP contribution in [0, 0.1) is 16.4 Å². The number of aliphatic carboxylic acids is 1. The largest absolute Gasteiger partial charge is 0.0672 e. The van der Waals surface area contributed by atoms with Crippen molar-refractivity contribution in [2.45, 2.75) is 30.4 Å². The number of hydrogen-bond donors (Lipinski definition) is 2. The zero-order chi connectivity index (χ0) is 28.5. The monoisotopic (exact) mass is 723 g/mol. The van der Waals surface area contributed by atoms with E-state index < -0.39 is 33.4 Å². The van der Waals surface area contributed by atoms with Crippen molar-refractivity contribution in [1.82, 2.24) is 0 Å². The minimum Gasteiger partial charge on any atom is -0.0350 e. The summed E-state index contributed by atoms with van der Waals surface area (Å²) in [6, 6.07) is 17.3. The van der Waals surface area contributed by atoms with Crippen molar-refractivity contribution in [3.8, 4) is 16.9 Å². The van der Waals surface area contributed by atoms with Crippen LogP contribution in [0.3, 0.4) is 0 Å². The molecular formula is C28H27AsINO7S. The van der Waals surface area contributed by atoms with Crippen LogP contribution in [0.15, 0.2) is 70.0 Å². The first kappa shape index (κ1) is 29.2. The van der Waals surface area contributed by atoms with Gasteiger partial charge in [0.25, 0.3) is 0 Å². The number of fused-ring (bicyclic) bond motifs is 1. The van der Waals surface area contributed by atoms with Crippen molar-refractivity contribution >= 4 is 73.8 Å². The molecule has 8 nitrogen and oxygen atoms in total. The van der Waals surface area contributed by atoms with Gasteiger partial charge in [-0.15, -0.1) is 0 Å². The Balaban J connectivity index is 1.49. The van der Waals surface area contributed by atoms with E-state index in [1.54, 1.807) is 45.2 Å². The van der Waals surface area contributed by atoms with Gasteiger partial charge in [-0.3, -0.25) is 0 Å². The van der Waals surface area contributed by atoms with Gasteiger partial charge in [0, 0.05) is 5.56 Å². The second-order valence-electron chi connectivity index (χ2n) is 9.25. The van der Waals surface area contributed by atoms with Crippen molar-refractivity contribution < 1.29 is 32.3 Å². The Labute approximate surface area is 245 Å². The Kier molecular flexibility index (Phi) is 8.78. The second-order valence-corrected chi connectivity index (χ2v) is 18.3. The fraction of sp³-hybridized carbons (Fsp3) is 0.214. The van der Waals surface area contributed by atoms with Crippen LogP contribution in [0.5, 0.6) is 5.75 Å². The topological polar surface area (TPSA) is 123 Å². The normalized spacial score (nSPS) is 12.8. The maximum atomic E-state index is 13.0. The minimum absolute atomic E-state index is 0.134. The summed E-state index contributed by atoms with van der Waals surface area (Å²) in [4.78, 5) is 24.6. The number of rotatable bonds is 9. The number of hydrogen-bond acceptors (Lipinski definition) is 6. The van der Waals surface area contributed by atoms with Crippen molar-refractivity contribution in [1.29, 1.82) is 0 Å². The molecule has 0 spiro atoms. The number of benzene rings is 3. The zero-order valence-electron chi connectivity index (χ0n) is 21.6. The summed E-state index contributed by atoms with van der Waals surface area (Å²) in [5, 5.41) is 13.0. The maximum Gasteiger partial charge on any atom is 0.0672 e. The number of carboxylic acids is 1. The fourth-order valence-corrected chi connectivity index (χ4v) is 12.3. The van der Waals surface area contributed by atoms with E-state index in [1.165, 1.54) is 12.1 Å². The van der Waals surface area contributed by atoms with Crippen LogP contribution in [-0.2, 0) is 12.9 Å². The first-order chi connectivity index (χ1) is 18.4. The van der Waals surface area contributed by atoms with Gasteiger partial charge in [0.2, 0.25) is 0 Å². The molecule has 4 aromatic rings. The van der Waals surface area contributed by atoms with E-state index in [0.717, 1.165) is 20.1 Å². The molecule has 1 amide bonds. The summed E-state index contributed by atoms with van der Waals surface area (Å²) in [7, 11) is -2.05. The number of ether oxygens (including phenoxy) is 1. The maximum absolute atomic E-state index is 13.0. The van der Waals surface area contributed by atoms with E-state index >= 15 is 0 Å². The average Bonchev–Trinajstić information content (AvgIpc) is 3.24. The standard InChI is InChI=1S/C28H27AsINO7S/c1-15(2)24(28(33)34)29-39(35,36)20-11-7-18(8-12-20)17-5-9-19(10-6-17)31-27(32)25-16(3)23-22(38-25)14-13-21(30)26(23)37-4/h5-15,24,29H,1-4H3,(H,31,32)(H,33,34)/t24-/m0/s1. The van der Waals surface area contributed by atoms with E-state index in [9.17, 15) is 23.1 Å². The molecule has 0 bridgehead atoms. The molecule has 1 heterocycles. The summed E-state index contributed by atoms with van der Waals surface area (Å²) in [5.74, 6) is -0.828. The molecule has 39 heavy (non-hydrogen) atoms. The van der Waals surface area contributed by atoms with E-state index in [1.807, 2.05) is 31.2 Å². The third kappa shape index (κ3) is 6.18. The molecule has 1 unspecified atom stereocenters. The van der Waals surface area contributed by atoms with Gasteiger partial charge in [-0.2, -0.15) is 0 Å². The molecule has 2 N–H and O–H groups in total. The molecule has 0 aliphatic rings. The van der Waals surface area contributed by atoms with Crippen LogP contribution < -0.4 is 10.1 Å². The van der Waals surface area contributed by atoms with Crippen molar-refractivity contribution in [3.63, 3.8) is 0 Å². The summed E-state index contributed by atoms with van der Waals surface area (Å²) in [5.41, 5.74) is 3.46. The van der Waals surface area contributed by atoms with E-state index in [0.29, 0.717) is 22.6 Å². The molecule has 3 aromatic carbocycles. The number of carbonyl (C=O) groups is 2. The van der Waals surface area contributed by atoms with Gasteiger partial charge in [-0.25, -0.2) is 0 Å². The van der Waals surface area contributed by atoms with E-state index in [2.05, 4.69) is 27.9 Å². The number of halogens is 1. The molecule has 0 aliphatic heterocycles. The van der Waals surface area contributed by atoms with Gasteiger partial charge in [0.05, 0.1) is 16.1 Å². The number of aryl methyl sites for hydroxylation is 1. The SMILES string of the molecule is COc1c(I)ccc2oc(C(=O)Nc3ccc(-c4ccc(S(=O)(=O)[AsH][C@H](C(=O)O)C(C)C)cc4)cc3)c(C)c12. The molecule has 0 fully saturated rings. The van der Waals surface area contributed by atoms with Gasteiger partial charge < -0.3 is 9.15 Å². The predicted octanol–water partition coefficient (Wildman–Crippen LogP) is 5.93. The summed E-state index contributed by atoms with van der Waals surface area (Å²) in [6.45, 7) is 5.27. The second kappa shape index (κ2) is 11.7. The Morgan fingerprint density at radius 1 is 1.00 bits per heavy atom. The molecule has 0 saturated carbocycles. The van der Waals surface area contributed by atoms with Crippen molar-refractivity contribution in [2.24, 2.45) is 5.92 Å². The molecule has 204 valence electrons. The molecule has 11 heteroatoms. The van der Waals surface area contributed by atoms with Crippen LogP contribution in [0.4, 0.5) is 5.69 Å². The molecule has 2 atom stereocenters. The van der Waals surface area contributed by atoms with Gasteiger partial charge in [0.1, 0.15) is 11.3 Å². The number of carboxylic acid groups (broad SMARTS) is 1. The van der Waals surface area contributed by atoms with Gasteiger partial charge >= 0.3 is 163 Å². The van der Waals surface area contributed by atoms with Crippen LogP contribution in [-0.4, -0.2) is 47.1 Å². The number of anilines is 1. The number of methoxy groups -OCH3 is 1. The first-order valence-corrected chi connectivity index (χ1v) is 18.3. The third-order valence-corrected chi connectivity index (χ3v) is 15.5. The van der Waals surface area contributed by atoms with Gasteiger partial charge in [0.15, 0.2) is 0 Å². The summed E-state index contributed by atoms with van der Waals surface area (Å²) >= 11 is 0.372. The van der Waals surface area contributed by atoms with Crippen LogP contribution >= 0.6 is 22.6 Å². The van der Waals surface area contributed by atoms with Crippen molar-refractivity contribution in [2.75, 3.05) is 12.4 Å². The van der Waals surface area contributed by atoms with Crippen LogP contribution in [0.1, 0.15) is 30.0 Å². The quantitative estimate of drug-likeness (QED) is 0.162. The molecule has 0 aliphatic carbocycles. The number of nitrogens with one attached hydrogen (secondary N) is 1. The Bertz CT molecular complexity index is 1650. The smallest absolute Gasteiger partial charge is 0.0350 e.